The smallest absolute Gasteiger partial charge is 0.271 e. The molecule has 24 heavy (non-hydrogen) atoms. The van der Waals surface area contributed by atoms with Gasteiger partial charge in [0.15, 0.2) is 0 Å². The Bertz CT molecular complexity index is 653. The van der Waals surface area contributed by atoms with Gasteiger partial charge in [-0.3, -0.25) is 9.78 Å². The molecule has 0 unspecified atom stereocenters. The van der Waals surface area contributed by atoms with Crippen LogP contribution >= 0.6 is 0 Å². The van der Waals surface area contributed by atoms with Crippen molar-refractivity contribution >= 4 is 11.7 Å². The molecule has 1 aliphatic heterocycles. The first-order valence-corrected chi connectivity index (χ1v) is 8.22. The average Bonchev–Trinajstić information content (AvgIpc) is 2.67. The number of amides is 1. The van der Waals surface area contributed by atoms with Crippen LogP contribution < -0.4 is 10.2 Å². The summed E-state index contributed by atoms with van der Waals surface area (Å²) in [5.41, 5.74) is 1.28. The lowest BCUT2D eigenvalue weighted by Gasteiger charge is -2.34. The fourth-order valence-corrected chi connectivity index (χ4v) is 2.67. The maximum absolute atomic E-state index is 12.1. The summed E-state index contributed by atoms with van der Waals surface area (Å²) >= 11 is 0. The normalized spacial score (nSPS) is 15.3. The van der Waals surface area contributed by atoms with Crippen LogP contribution in [0.25, 0.3) is 0 Å². The second-order valence-electron chi connectivity index (χ2n) is 5.73. The minimum absolute atomic E-state index is 0.228. The van der Waals surface area contributed by atoms with E-state index in [1.54, 1.807) is 24.8 Å². The maximum Gasteiger partial charge on any atom is 0.271 e. The Labute approximate surface area is 141 Å². The number of likely N-dealkylation sites (N-methyl/N-ethyl adjacent to an activating group) is 1. The van der Waals surface area contributed by atoms with Crippen molar-refractivity contribution in [1.29, 1.82) is 0 Å². The van der Waals surface area contributed by atoms with Crippen LogP contribution in [0.1, 0.15) is 23.0 Å². The van der Waals surface area contributed by atoms with Gasteiger partial charge in [0, 0.05) is 45.1 Å². The van der Waals surface area contributed by atoms with E-state index in [0.29, 0.717) is 12.2 Å². The van der Waals surface area contributed by atoms with E-state index < -0.39 is 0 Å². The van der Waals surface area contributed by atoms with Gasteiger partial charge in [0.25, 0.3) is 5.91 Å². The summed E-state index contributed by atoms with van der Waals surface area (Å²) in [6, 6.07) is 3.76. The number of hydrogen-bond donors (Lipinski definition) is 1. The highest BCUT2D eigenvalue weighted by Gasteiger charge is 2.17. The van der Waals surface area contributed by atoms with Gasteiger partial charge in [-0.1, -0.05) is 13.0 Å². The zero-order chi connectivity index (χ0) is 16.8. The van der Waals surface area contributed by atoms with Crippen molar-refractivity contribution in [3.05, 3.63) is 48.2 Å². The average molecular weight is 326 g/mol. The van der Waals surface area contributed by atoms with Crippen LogP contribution in [0.4, 0.5) is 5.82 Å². The van der Waals surface area contributed by atoms with Crippen molar-refractivity contribution in [2.45, 2.75) is 13.5 Å². The lowest BCUT2D eigenvalue weighted by molar-refractivity contribution is 0.0945. The molecule has 0 bridgehead atoms. The largest absolute Gasteiger partial charge is 0.353 e. The third kappa shape index (κ3) is 4.05. The predicted octanol–water partition coefficient (Wildman–Crippen LogP) is 0.943. The molecule has 0 spiro atoms. The molecule has 3 heterocycles. The van der Waals surface area contributed by atoms with Gasteiger partial charge in [0.05, 0.1) is 12.4 Å². The summed E-state index contributed by atoms with van der Waals surface area (Å²) in [5.74, 6) is 0.600. The highest BCUT2D eigenvalue weighted by atomic mass is 16.1. The number of carbonyl (C=O) groups is 1. The van der Waals surface area contributed by atoms with E-state index in [1.165, 1.54) is 0 Å². The molecule has 1 amide bonds. The molecule has 0 saturated carbocycles. The van der Waals surface area contributed by atoms with Crippen LogP contribution in [0, 0.1) is 0 Å². The van der Waals surface area contributed by atoms with Gasteiger partial charge >= 0.3 is 0 Å². The number of nitrogens with zero attached hydrogens (tertiary/aromatic N) is 5. The lowest BCUT2D eigenvalue weighted by Crippen LogP contribution is -2.46. The summed E-state index contributed by atoms with van der Waals surface area (Å²) in [5, 5.41) is 2.83. The van der Waals surface area contributed by atoms with E-state index in [9.17, 15) is 4.79 Å². The molecular formula is C17H22N6O. The second kappa shape index (κ2) is 7.83. The molecule has 3 rings (SSSR count). The number of piperazine rings is 1. The highest BCUT2D eigenvalue weighted by molar-refractivity contribution is 5.91. The second-order valence-corrected chi connectivity index (χ2v) is 5.73. The van der Waals surface area contributed by atoms with Crippen LogP contribution in [-0.4, -0.2) is 58.5 Å². The Kier molecular flexibility index (Phi) is 5.32. The van der Waals surface area contributed by atoms with Crippen molar-refractivity contribution in [1.82, 2.24) is 25.2 Å². The summed E-state index contributed by atoms with van der Waals surface area (Å²) in [6.45, 7) is 7.63. The third-order valence-corrected chi connectivity index (χ3v) is 4.19. The molecular weight excluding hydrogens is 304 g/mol. The van der Waals surface area contributed by atoms with Gasteiger partial charge < -0.3 is 15.1 Å². The number of anilines is 1. The van der Waals surface area contributed by atoms with Crippen LogP contribution in [0.3, 0.4) is 0 Å². The van der Waals surface area contributed by atoms with Crippen LogP contribution in [0.15, 0.2) is 36.9 Å². The molecule has 1 saturated heterocycles. The highest BCUT2D eigenvalue weighted by Crippen LogP contribution is 2.12. The van der Waals surface area contributed by atoms with E-state index in [4.69, 9.17) is 0 Å². The molecule has 2 aromatic heterocycles. The van der Waals surface area contributed by atoms with Crippen LogP contribution in [-0.2, 0) is 6.54 Å². The molecule has 7 heteroatoms. The Hall–Kier alpha value is -2.54. The molecule has 126 valence electrons. The van der Waals surface area contributed by atoms with Gasteiger partial charge in [-0.25, -0.2) is 9.97 Å². The van der Waals surface area contributed by atoms with E-state index in [2.05, 4.69) is 37.0 Å². The molecule has 0 radical (unpaired) electrons. The van der Waals surface area contributed by atoms with E-state index in [1.807, 2.05) is 12.1 Å². The Balaban J connectivity index is 1.55. The molecule has 0 aliphatic carbocycles. The van der Waals surface area contributed by atoms with Crippen LogP contribution in [0.2, 0.25) is 0 Å². The van der Waals surface area contributed by atoms with Crippen molar-refractivity contribution < 1.29 is 4.79 Å². The number of pyridine rings is 1. The van der Waals surface area contributed by atoms with E-state index in [-0.39, 0.29) is 5.91 Å². The standard InChI is InChI=1S/C17H22N6O/c1-2-22-6-8-23(9-7-22)16-13-19-15(12-20-16)17(24)21-11-14-4-3-5-18-10-14/h3-5,10,12-13H,2,6-9,11H2,1H3,(H,21,24). The molecule has 0 atom stereocenters. The molecule has 0 aromatic carbocycles. The monoisotopic (exact) mass is 326 g/mol. The van der Waals surface area contributed by atoms with Crippen molar-refractivity contribution in [2.24, 2.45) is 0 Å². The quantitative estimate of drug-likeness (QED) is 0.881. The fraction of sp³-hybridized carbons (Fsp3) is 0.412. The summed E-state index contributed by atoms with van der Waals surface area (Å²) in [7, 11) is 0. The first-order chi connectivity index (χ1) is 11.8. The zero-order valence-corrected chi connectivity index (χ0v) is 13.9. The van der Waals surface area contributed by atoms with Crippen molar-refractivity contribution in [3.63, 3.8) is 0 Å². The summed E-state index contributed by atoms with van der Waals surface area (Å²) < 4.78 is 0. The molecule has 1 fully saturated rings. The van der Waals surface area contributed by atoms with E-state index in [0.717, 1.165) is 44.1 Å². The SMILES string of the molecule is CCN1CCN(c2cnc(C(=O)NCc3cccnc3)cn2)CC1. The van der Waals surface area contributed by atoms with Gasteiger partial charge in [-0.2, -0.15) is 0 Å². The van der Waals surface area contributed by atoms with Crippen molar-refractivity contribution in [2.75, 3.05) is 37.6 Å². The van der Waals surface area contributed by atoms with E-state index >= 15 is 0 Å². The molecule has 1 N–H and O–H groups in total. The number of aromatic nitrogens is 3. The topological polar surface area (TPSA) is 74.2 Å². The van der Waals surface area contributed by atoms with Crippen LogP contribution in [0.5, 0.6) is 0 Å². The molecule has 2 aromatic rings. The Morgan fingerprint density at radius 2 is 2.00 bits per heavy atom. The Morgan fingerprint density at radius 1 is 1.17 bits per heavy atom. The van der Waals surface area contributed by atoms with Gasteiger partial charge in [-0.05, 0) is 18.2 Å². The first-order valence-electron chi connectivity index (χ1n) is 8.22. The Morgan fingerprint density at radius 3 is 2.62 bits per heavy atom. The summed E-state index contributed by atoms with van der Waals surface area (Å²) in [4.78, 5) is 29.4. The fourth-order valence-electron chi connectivity index (χ4n) is 2.67. The zero-order valence-electron chi connectivity index (χ0n) is 13.9. The minimum atomic E-state index is -0.228. The molecule has 1 aliphatic rings. The first kappa shape index (κ1) is 16.3. The third-order valence-electron chi connectivity index (χ3n) is 4.19. The summed E-state index contributed by atoms with van der Waals surface area (Å²) in [6.07, 6.45) is 6.65. The van der Waals surface area contributed by atoms with Gasteiger partial charge in [-0.15, -0.1) is 0 Å². The maximum atomic E-state index is 12.1. The lowest BCUT2D eigenvalue weighted by atomic mass is 10.3. The van der Waals surface area contributed by atoms with Crippen molar-refractivity contribution in [3.8, 4) is 0 Å². The number of carbonyl (C=O) groups excluding carboxylic acids is 1. The minimum Gasteiger partial charge on any atom is -0.353 e. The van der Waals surface area contributed by atoms with Gasteiger partial charge in [0.1, 0.15) is 11.5 Å². The number of hydrogen-bond acceptors (Lipinski definition) is 6. The van der Waals surface area contributed by atoms with Gasteiger partial charge in [0.2, 0.25) is 0 Å². The number of rotatable bonds is 5. The predicted molar refractivity (Wildman–Crippen MR) is 91.8 cm³/mol. The number of nitrogens with one attached hydrogen (secondary N) is 1. The molecule has 7 nitrogen and oxygen atoms in total.